The van der Waals surface area contributed by atoms with Gasteiger partial charge in [0.2, 0.25) is 5.82 Å². The maximum absolute atomic E-state index is 11.2. The van der Waals surface area contributed by atoms with E-state index in [0.717, 1.165) is 4.90 Å². The van der Waals surface area contributed by atoms with Crippen molar-refractivity contribution in [1.29, 1.82) is 0 Å². The lowest BCUT2D eigenvalue weighted by Gasteiger charge is -2.06. The average molecular weight is 276 g/mol. The highest BCUT2D eigenvalue weighted by Gasteiger charge is 2.23. The minimum Gasteiger partial charge on any atom is -0.364 e. The van der Waals surface area contributed by atoms with Gasteiger partial charge in [-0.15, -0.1) is 0 Å². The Bertz CT molecular complexity index is 577. The van der Waals surface area contributed by atoms with E-state index in [0.29, 0.717) is 11.6 Å². The maximum Gasteiger partial charge on any atom is 0.343 e. The largest absolute Gasteiger partial charge is 0.364 e. The molecule has 0 aliphatic rings. The monoisotopic (exact) mass is 276 g/mol. The molecule has 2 aromatic rings. The molecule has 6 nitrogen and oxygen atoms in total. The highest BCUT2D eigenvalue weighted by atomic mass is 32.2. The zero-order valence-corrected chi connectivity index (χ0v) is 11.1. The molecule has 0 atom stereocenters. The van der Waals surface area contributed by atoms with Crippen LogP contribution in [0.15, 0.2) is 46.6 Å². The summed E-state index contributed by atoms with van der Waals surface area (Å²) in [5.74, 6) is 0.251. The van der Waals surface area contributed by atoms with Crippen molar-refractivity contribution < 1.29 is 4.92 Å². The van der Waals surface area contributed by atoms with Crippen molar-refractivity contribution in [2.45, 2.75) is 16.8 Å². The van der Waals surface area contributed by atoms with Crippen LogP contribution in [-0.2, 0) is 0 Å². The van der Waals surface area contributed by atoms with Crippen molar-refractivity contribution in [3.63, 3.8) is 0 Å². The van der Waals surface area contributed by atoms with Crippen molar-refractivity contribution in [1.82, 2.24) is 9.97 Å². The molecule has 1 N–H and O–H groups in total. The summed E-state index contributed by atoms with van der Waals surface area (Å²) in [4.78, 5) is 19.5. The molecule has 0 saturated carbocycles. The molecular formula is C12H12N4O2S. The van der Waals surface area contributed by atoms with Gasteiger partial charge in [0.25, 0.3) is 0 Å². The van der Waals surface area contributed by atoms with Crippen LogP contribution in [0.5, 0.6) is 0 Å². The molecule has 1 heterocycles. The lowest BCUT2D eigenvalue weighted by Crippen LogP contribution is -2.05. The predicted octanol–water partition coefficient (Wildman–Crippen LogP) is 2.97. The zero-order chi connectivity index (χ0) is 13.7. The SMILES string of the molecule is CCNc1ncnc(Sc2ccccc2)c1[N+](=O)[O-]. The molecule has 0 unspecified atom stereocenters. The third-order valence-corrected chi connectivity index (χ3v) is 3.27. The smallest absolute Gasteiger partial charge is 0.343 e. The highest BCUT2D eigenvalue weighted by molar-refractivity contribution is 7.99. The summed E-state index contributed by atoms with van der Waals surface area (Å²) in [7, 11) is 0. The molecule has 0 bridgehead atoms. The highest BCUT2D eigenvalue weighted by Crippen LogP contribution is 2.36. The Morgan fingerprint density at radius 3 is 2.68 bits per heavy atom. The van der Waals surface area contributed by atoms with E-state index in [2.05, 4.69) is 15.3 Å². The van der Waals surface area contributed by atoms with Crippen molar-refractivity contribution in [3.05, 3.63) is 46.8 Å². The number of rotatable bonds is 5. The van der Waals surface area contributed by atoms with Gasteiger partial charge in [0.15, 0.2) is 5.03 Å². The van der Waals surface area contributed by atoms with E-state index >= 15 is 0 Å². The summed E-state index contributed by atoms with van der Waals surface area (Å²) in [5.41, 5.74) is -0.0850. The number of nitrogens with zero attached hydrogens (tertiary/aromatic N) is 3. The van der Waals surface area contributed by atoms with Gasteiger partial charge in [-0.1, -0.05) is 30.0 Å². The summed E-state index contributed by atoms with van der Waals surface area (Å²) in [6.45, 7) is 2.42. The second-order valence-corrected chi connectivity index (χ2v) is 4.64. The fourth-order valence-corrected chi connectivity index (χ4v) is 2.38. The molecule has 98 valence electrons. The quantitative estimate of drug-likeness (QED) is 0.513. The minimum absolute atomic E-state index is 0.0850. The van der Waals surface area contributed by atoms with Gasteiger partial charge in [-0.2, -0.15) is 0 Å². The minimum atomic E-state index is -0.455. The van der Waals surface area contributed by atoms with Gasteiger partial charge in [-0.25, -0.2) is 9.97 Å². The molecule has 0 aliphatic carbocycles. The van der Waals surface area contributed by atoms with Gasteiger partial charge < -0.3 is 5.32 Å². The number of hydrogen-bond acceptors (Lipinski definition) is 6. The summed E-state index contributed by atoms with van der Waals surface area (Å²) in [5, 5.41) is 14.4. The van der Waals surface area contributed by atoms with Crippen LogP contribution >= 0.6 is 11.8 Å². The lowest BCUT2D eigenvalue weighted by molar-refractivity contribution is -0.387. The molecule has 0 amide bonds. The van der Waals surface area contributed by atoms with Crippen LogP contribution in [0.3, 0.4) is 0 Å². The zero-order valence-electron chi connectivity index (χ0n) is 10.2. The van der Waals surface area contributed by atoms with E-state index in [1.54, 1.807) is 0 Å². The van der Waals surface area contributed by atoms with E-state index in [1.807, 2.05) is 37.3 Å². The molecule has 0 radical (unpaired) electrons. The van der Waals surface area contributed by atoms with Crippen LogP contribution in [0.4, 0.5) is 11.5 Å². The number of nitro groups is 1. The number of nitrogens with one attached hydrogen (secondary N) is 1. The second kappa shape index (κ2) is 6.14. The number of aromatic nitrogens is 2. The van der Waals surface area contributed by atoms with Gasteiger partial charge in [-0.05, 0) is 19.1 Å². The first-order valence-corrected chi connectivity index (χ1v) is 6.50. The summed E-state index contributed by atoms with van der Waals surface area (Å²) < 4.78 is 0. The van der Waals surface area contributed by atoms with E-state index in [9.17, 15) is 10.1 Å². The van der Waals surface area contributed by atoms with E-state index in [1.165, 1.54) is 18.1 Å². The Morgan fingerprint density at radius 1 is 1.32 bits per heavy atom. The molecule has 1 aromatic carbocycles. The molecule has 19 heavy (non-hydrogen) atoms. The van der Waals surface area contributed by atoms with Gasteiger partial charge in [0, 0.05) is 11.4 Å². The normalized spacial score (nSPS) is 10.2. The Labute approximate surface area is 114 Å². The lowest BCUT2D eigenvalue weighted by atomic mass is 10.4. The van der Waals surface area contributed by atoms with Crippen LogP contribution < -0.4 is 5.32 Å². The fraction of sp³-hybridized carbons (Fsp3) is 0.167. The molecule has 0 saturated heterocycles. The van der Waals surface area contributed by atoms with E-state index in [-0.39, 0.29) is 11.5 Å². The Hall–Kier alpha value is -2.15. The number of anilines is 1. The Kier molecular flexibility index (Phi) is 4.30. The Balaban J connectivity index is 2.39. The van der Waals surface area contributed by atoms with Crippen LogP contribution in [0.1, 0.15) is 6.92 Å². The average Bonchev–Trinajstić information content (AvgIpc) is 2.40. The molecule has 0 aliphatic heterocycles. The van der Waals surface area contributed by atoms with E-state index < -0.39 is 4.92 Å². The third-order valence-electron chi connectivity index (χ3n) is 2.27. The number of hydrogen-bond donors (Lipinski definition) is 1. The molecule has 0 spiro atoms. The van der Waals surface area contributed by atoms with Gasteiger partial charge in [0.1, 0.15) is 6.33 Å². The Morgan fingerprint density at radius 2 is 2.05 bits per heavy atom. The van der Waals surface area contributed by atoms with Crippen molar-refractivity contribution >= 4 is 23.3 Å². The van der Waals surface area contributed by atoms with E-state index in [4.69, 9.17) is 0 Å². The summed E-state index contributed by atoms with van der Waals surface area (Å²) in [6.07, 6.45) is 1.33. The van der Waals surface area contributed by atoms with Gasteiger partial charge >= 0.3 is 5.69 Å². The fourth-order valence-electron chi connectivity index (χ4n) is 1.50. The van der Waals surface area contributed by atoms with Crippen LogP contribution in [0, 0.1) is 10.1 Å². The predicted molar refractivity (Wildman–Crippen MR) is 73.4 cm³/mol. The van der Waals surface area contributed by atoms with Crippen LogP contribution in [-0.4, -0.2) is 21.4 Å². The topological polar surface area (TPSA) is 81.0 Å². The van der Waals surface area contributed by atoms with Crippen molar-refractivity contribution in [2.75, 3.05) is 11.9 Å². The number of benzene rings is 1. The summed E-state index contributed by atoms with van der Waals surface area (Å²) in [6, 6.07) is 9.40. The first kappa shape index (κ1) is 13.3. The molecule has 1 aromatic heterocycles. The standard InChI is InChI=1S/C12H12N4O2S/c1-2-13-11-10(16(17)18)12(15-8-14-11)19-9-6-4-3-5-7-9/h3-8H,2H2,1H3,(H,13,14,15). The second-order valence-electron chi connectivity index (χ2n) is 3.58. The van der Waals surface area contributed by atoms with Gasteiger partial charge in [-0.3, -0.25) is 10.1 Å². The van der Waals surface area contributed by atoms with Crippen LogP contribution in [0.2, 0.25) is 0 Å². The molecule has 0 fully saturated rings. The van der Waals surface area contributed by atoms with Gasteiger partial charge in [0.05, 0.1) is 4.92 Å². The molecule has 2 rings (SSSR count). The summed E-state index contributed by atoms with van der Waals surface area (Å²) >= 11 is 1.25. The van der Waals surface area contributed by atoms with Crippen molar-refractivity contribution in [3.8, 4) is 0 Å². The molecule has 7 heteroatoms. The molecular weight excluding hydrogens is 264 g/mol. The van der Waals surface area contributed by atoms with Crippen LogP contribution in [0.25, 0.3) is 0 Å². The van der Waals surface area contributed by atoms with Crippen molar-refractivity contribution in [2.24, 2.45) is 0 Å². The third kappa shape index (κ3) is 3.19. The maximum atomic E-state index is 11.2. The first-order valence-electron chi connectivity index (χ1n) is 5.68. The first-order chi connectivity index (χ1) is 9.22.